The average molecular weight is 441 g/mol. The standard InChI is InChI=1S/C27H32N6/c1-20(22-6-4-3-5-7-22)30-26-24-18-25(31-27(24)29-19-28-26)23-10-8-21(9-11-23)12-13-33-16-14-32(2)15-17-33/h3-11,18-20H,12-17H2,1-2H3,(H2,28,29,30,31)/t20-/m0/s1. The molecule has 1 fully saturated rings. The molecule has 2 aromatic carbocycles. The molecule has 3 heterocycles. The van der Waals surface area contributed by atoms with E-state index in [0.29, 0.717) is 0 Å². The van der Waals surface area contributed by atoms with E-state index in [-0.39, 0.29) is 6.04 Å². The quantitative estimate of drug-likeness (QED) is 0.440. The van der Waals surface area contributed by atoms with Crippen LogP contribution in [0.4, 0.5) is 5.82 Å². The maximum atomic E-state index is 4.52. The minimum Gasteiger partial charge on any atom is -0.363 e. The Morgan fingerprint density at radius 1 is 0.970 bits per heavy atom. The van der Waals surface area contributed by atoms with E-state index in [2.05, 4.69) is 98.6 Å². The number of nitrogens with one attached hydrogen (secondary N) is 2. The molecule has 170 valence electrons. The van der Waals surface area contributed by atoms with Gasteiger partial charge in [0.1, 0.15) is 17.8 Å². The zero-order valence-electron chi connectivity index (χ0n) is 19.5. The molecule has 1 saturated heterocycles. The van der Waals surface area contributed by atoms with Crippen molar-refractivity contribution in [2.45, 2.75) is 19.4 Å². The Kier molecular flexibility index (Phi) is 6.37. The highest BCUT2D eigenvalue weighted by Crippen LogP contribution is 2.29. The maximum absolute atomic E-state index is 4.52. The first-order chi connectivity index (χ1) is 16.2. The van der Waals surface area contributed by atoms with Crippen molar-refractivity contribution in [2.75, 3.05) is 45.1 Å². The summed E-state index contributed by atoms with van der Waals surface area (Å²) in [5, 5.41) is 4.56. The largest absolute Gasteiger partial charge is 0.363 e. The van der Waals surface area contributed by atoms with Crippen LogP contribution in [-0.2, 0) is 6.42 Å². The predicted molar refractivity (Wildman–Crippen MR) is 135 cm³/mol. The molecule has 2 N–H and O–H groups in total. The summed E-state index contributed by atoms with van der Waals surface area (Å²) in [5.74, 6) is 0.850. The minimum absolute atomic E-state index is 0.155. The summed E-state index contributed by atoms with van der Waals surface area (Å²) in [6, 6.07) is 21.6. The van der Waals surface area contributed by atoms with Crippen LogP contribution in [0.5, 0.6) is 0 Å². The van der Waals surface area contributed by atoms with Crippen molar-refractivity contribution in [2.24, 2.45) is 0 Å². The van der Waals surface area contributed by atoms with Gasteiger partial charge in [0.2, 0.25) is 0 Å². The number of hydrogen-bond donors (Lipinski definition) is 2. The normalized spacial score (nSPS) is 16.2. The van der Waals surface area contributed by atoms with Gasteiger partial charge in [-0.05, 0) is 43.1 Å². The van der Waals surface area contributed by atoms with Gasteiger partial charge in [0.15, 0.2) is 0 Å². The second-order valence-electron chi connectivity index (χ2n) is 9.04. The Morgan fingerprint density at radius 3 is 2.48 bits per heavy atom. The van der Waals surface area contributed by atoms with Gasteiger partial charge in [0.05, 0.1) is 5.39 Å². The fourth-order valence-corrected chi connectivity index (χ4v) is 4.45. The van der Waals surface area contributed by atoms with Gasteiger partial charge in [-0.3, -0.25) is 0 Å². The van der Waals surface area contributed by atoms with Crippen molar-refractivity contribution >= 4 is 16.9 Å². The number of nitrogens with zero attached hydrogens (tertiary/aromatic N) is 4. The number of rotatable bonds is 7. The van der Waals surface area contributed by atoms with E-state index in [4.69, 9.17) is 0 Å². The number of fused-ring (bicyclic) bond motifs is 1. The second kappa shape index (κ2) is 9.73. The van der Waals surface area contributed by atoms with Crippen LogP contribution in [0.15, 0.2) is 67.0 Å². The summed E-state index contributed by atoms with van der Waals surface area (Å²) in [6.45, 7) is 7.96. The van der Waals surface area contributed by atoms with Crippen molar-refractivity contribution in [1.82, 2.24) is 24.8 Å². The third-order valence-electron chi connectivity index (χ3n) is 6.66. The lowest BCUT2D eigenvalue weighted by molar-refractivity contribution is 0.155. The van der Waals surface area contributed by atoms with E-state index in [1.807, 2.05) is 6.07 Å². The number of hydrogen-bond acceptors (Lipinski definition) is 5. The number of H-pyrrole nitrogens is 1. The molecule has 0 saturated carbocycles. The first-order valence-corrected chi connectivity index (χ1v) is 11.8. The minimum atomic E-state index is 0.155. The van der Waals surface area contributed by atoms with Crippen LogP contribution in [0.25, 0.3) is 22.3 Å². The van der Waals surface area contributed by atoms with Crippen molar-refractivity contribution in [3.63, 3.8) is 0 Å². The van der Waals surface area contributed by atoms with Crippen LogP contribution in [0.1, 0.15) is 24.1 Å². The molecule has 5 rings (SSSR count). The van der Waals surface area contributed by atoms with Crippen molar-refractivity contribution in [1.29, 1.82) is 0 Å². The molecule has 6 heteroatoms. The highest BCUT2D eigenvalue weighted by molar-refractivity contribution is 5.91. The molecular formula is C27H32N6. The van der Waals surface area contributed by atoms with Crippen LogP contribution in [-0.4, -0.2) is 64.5 Å². The lowest BCUT2D eigenvalue weighted by atomic mass is 10.1. The number of anilines is 1. The molecule has 33 heavy (non-hydrogen) atoms. The third kappa shape index (κ3) is 5.07. The average Bonchev–Trinajstić information content (AvgIpc) is 3.30. The van der Waals surface area contributed by atoms with E-state index >= 15 is 0 Å². The highest BCUT2D eigenvalue weighted by atomic mass is 15.2. The SMILES string of the molecule is C[C@H](Nc1ncnc2[nH]c(-c3ccc(CCN4CCN(C)CC4)cc3)cc12)c1ccccc1. The van der Waals surface area contributed by atoms with Gasteiger partial charge in [0.25, 0.3) is 0 Å². The summed E-state index contributed by atoms with van der Waals surface area (Å²) in [7, 11) is 2.20. The summed E-state index contributed by atoms with van der Waals surface area (Å²) in [6.07, 6.45) is 2.71. The summed E-state index contributed by atoms with van der Waals surface area (Å²) in [5.41, 5.74) is 5.69. The van der Waals surface area contributed by atoms with E-state index < -0.39 is 0 Å². The number of aromatic amines is 1. The van der Waals surface area contributed by atoms with Gasteiger partial charge in [0, 0.05) is 44.5 Å². The number of benzene rings is 2. The van der Waals surface area contributed by atoms with E-state index in [0.717, 1.165) is 35.5 Å². The molecule has 1 aliphatic heterocycles. The first kappa shape index (κ1) is 21.6. The number of aromatic nitrogens is 3. The van der Waals surface area contributed by atoms with Gasteiger partial charge in [-0.2, -0.15) is 0 Å². The molecule has 6 nitrogen and oxygen atoms in total. The number of likely N-dealkylation sites (N-methyl/N-ethyl adjacent to an activating group) is 1. The van der Waals surface area contributed by atoms with Crippen LogP contribution >= 0.6 is 0 Å². The Hall–Kier alpha value is -3.22. The third-order valence-corrected chi connectivity index (χ3v) is 6.66. The number of piperazine rings is 1. The van der Waals surface area contributed by atoms with Crippen LogP contribution in [0.3, 0.4) is 0 Å². The Bertz CT molecular complexity index is 1180. The van der Waals surface area contributed by atoms with Gasteiger partial charge < -0.3 is 20.1 Å². The van der Waals surface area contributed by atoms with Gasteiger partial charge in [-0.15, -0.1) is 0 Å². The molecule has 0 bridgehead atoms. The highest BCUT2D eigenvalue weighted by Gasteiger charge is 2.14. The lowest BCUT2D eigenvalue weighted by Gasteiger charge is -2.32. The fraction of sp³-hybridized carbons (Fsp3) is 0.333. The molecular weight excluding hydrogens is 408 g/mol. The molecule has 4 aromatic rings. The van der Waals surface area contributed by atoms with E-state index in [9.17, 15) is 0 Å². The summed E-state index contributed by atoms with van der Waals surface area (Å²) >= 11 is 0. The molecule has 0 aliphatic carbocycles. The molecule has 0 unspecified atom stereocenters. The molecule has 0 radical (unpaired) electrons. The van der Waals surface area contributed by atoms with E-state index in [1.54, 1.807) is 6.33 Å². The Balaban J connectivity index is 1.28. The predicted octanol–water partition coefficient (Wildman–Crippen LogP) is 4.59. The smallest absolute Gasteiger partial charge is 0.143 e. The maximum Gasteiger partial charge on any atom is 0.143 e. The summed E-state index contributed by atoms with van der Waals surface area (Å²) in [4.78, 5) is 17.4. The second-order valence-corrected chi connectivity index (χ2v) is 9.04. The van der Waals surface area contributed by atoms with Crippen LogP contribution in [0, 0.1) is 0 Å². The topological polar surface area (TPSA) is 60.1 Å². The Morgan fingerprint density at radius 2 is 1.73 bits per heavy atom. The molecule has 0 spiro atoms. The molecule has 2 aromatic heterocycles. The van der Waals surface area contributed by atoms with Gasteiger partial charge in [-0.25, -0.2) is 9.97 Å². The molecule has 0 amide bonds. The van der Waals surface area contributed by atoms with Crippen molar-refractivity contribution < 1.29 is 0 Å². The van der Waals surface area contributed by atoms with Crippen LogP contribution in [0.2, 0.25) is 0 Å². The lowest BCUT2D eigenvalue weighted by Crippen LogP contribution is -2.45. The van der Waals surface area contributed by atoms with Gasteiger partial charge in [-0.1, -0.05) is 54.6 Å². The first-order valence-electron chi connectivity index (χ1n) is 11.8. The zero-order valence-corrected chi connectivity index (χ0v) is 19.5. The zero-order chi connectivity index (χ0) is 22.6. The Labute approximate surface area is 195 Å². The van der Waals surface area contributed by atoms with Crippen molar-refractivity contribution in [3.8, 4) is 11.3 Å². The van der Waals surface area contributed by atoms with Crippen molar-refractivity contribution in [3.05, 3.63) is 78.1 Å². The van der Waals surface area contributed by atoms with E-state index in [1.165, 1.54) is 42.9 Å². The van der Waals surface area contributed by atoms with Gasteiger partial charge >= 0.3 is 0 Å². The fourth-order valence-electron chi connectivity index (χ4n) is 4.45. The monoisotopic (exact) mass is 440 g/mol. The summed E-state index contributed by atoms with van der Waals surface area (Å²) < 4.78 is 0. The molecule has 1 aliphatic rings. The van der Waals surface area contributed by atoms with Crippen LogP contribution < -0.4 is 5.32 Å². The molecule has 1 atom stereocenters.